The molecule has 3 N–H and O–H groups in total. The van der Waals surface area contributed by atoms with Crippen molar-refractivity contribution in [1.82, 2.24) is 0 Å². The summed E-state index contributed by atoms with van der Waals surface area (Å²) in [5, 5.41) is 11.1. The molecule has 0 unspecified atom stereocenters. The molecule has 2 rings (SSSR count). The van der Waals surface area contributed by atoms with E-state index in [2.05, 4.69) is 20.8 Å². The maximum absolute atomic E-state index is 10.4. The van der Waals surface area contributed by atoms with Crippen molar-refractivity contribution >= 4 is 11.6 Å². The first-order valence-electron chi connectivity index (χ1n) is 6.04. The molecule has 3 heteroatoms. The topological polar surface area (TPSA) is 46.2 Å². The molecule has 0 heterocycles. The van der Waals surface area contributed by atoms with Gasteiger partial charge in [0.2, 0.25) is 0 Å². The van der Waals surface area contributed by atoms with Crippen LogP contribution in [0.3, 0.4) is 0 Å². The number of phenolic OH excluding ortho intramolecular Hbond substituents is 1. The average Bonchev–Trinajstić information content (AvgIpc) is 3.00. The Hall–Kier alpha value is -0.730. The lowest BCUT2D eigenvalue weighted by Crippen LogP contribution is -2.21. The fourth-order valence-electron chi connectivity index (χ4n) is 2.31. The monoisotopic (exact) mass is 253 g/mol. The van der Waals surface area contributed by atoms with Gasteiger partial charge in [-0.15, -0.1) is 0 Å². The maximum atomic E-state index is 10.4. The van der Waals surface area contributed by atoms with Gasteiger partial charge in [-0.1, -0.05) is 32.4 Å². The Labute approximate surface area is 108 Å². The Balaban J connectivity index is 2.58. The van der Waals surface area contributed by atoms with Gasteiger partial charge in [0.15, 0.2) is 0 Å². The Morgan fingerprint density at radius 3 is 2.35 bits per heavy atom. The fraction of sp³-hybridized carbons (Fsp3) is 0.571. The van der Waals surface area contributed by atoms with Crippen molar-refractivity contribution in [2.24, 2.45) is 5.73 Å². The molecule has 17 heavy (non-hydrogen) atoms. The predicted octanol–water partition coefficient (Wildman–Crippen LogP) is 3.33. The summed E-state index contributed by atoms with van der Waals surface area (Å²) in [6, 6.07) is 3.72. The van der Waals surface area contributed by atoms with Crippen LogP contribution in [0.4, 0.5) is 0 Å². The minimum Gasteiger partial charge on any atom is -0.507 e. The SMILES string of the molecule is CC(C)(C)c1cc(Cl)cc(C2(CN)CC2)c1O. The quantitative estimate of drug-likeness (QED) is 0.849. The number of rotatable bonds is 2. The van der Waals surface area contributed by atoms with E-state index in [1.165, 1.54) is 0 Å². The Bertz CT molecular complexity index is 444. The van der Waals surface area contributed by atoms with Gasteiger partial charge in [-0.3, -0.25) is 0 Å². The minimum atomic E-state index is -0.117. The highest BCUT2D eigenvalue weighted by atomic mass is 35.5. The molecule has 0 spiro atoms. The lowest BCUT2D eigenvalue weighted by Gasteiger charge is -2.25. The van der Waals surface area contributed by atoms with Crippen molar-refractivity contribution in [2.45, 2.75) is 44.4 Å². The van der Waals surface area contributed by atoms with Gasteiger partial charge in [0, 0.05) is 28.1 Å². The van der Waals surface area contributed by atoms with Crippen LogP contribution >= 0.6 is 11.6 Å². The summed E-state index contributed by atoms with van der Waals surface area (Å²) in [7, 11) is 0. The molecular formula is C14H20ClNO. The number of benzene rings is 1. The van der Waals surface area contributed by atoms with Crippen LogP contribution in [0.5, 0.6) is 5.75 Å². The highest BCUT2D eigenvalue weighted by Gasteiger charge is 2.45. The molecule has 0 amide bonds. The van der Waals surface area contributed by atoms with E-state index < -0.39 is 0 Å². The Morgan fingerprint density at radius 1 is 1.35 bits per heavy atom. The molecule has 0 aliphatic heterocycles. The third kappa shape index (κ3) is 2.16. The zero-order valence-electron chi connectivity index (χ0n) is 10.7. The summed E-state index contributed by atoms with van der Waals surface area (Å²) in [6.45, 7) is 6.79. The molecule has 0 saturated heterocycles. The van der Waals surface area contributed by atoms with Crippen LogP contribution in [-0.2, 0) is 10.8 Å². The second kappa shape index (κ2) is 3.89. The van der Waals surface area contributed by atoms with Gasteiger partial charge in [0.05, 0.1) is 0 Å². The van der Waals surface area contributed by atoms with Crippen molar-refractivity contribution in [3.8, 4) is 5.75 Å². The summed E-state index contributed by atoms with van der Waals surface area (Å²) in [5.41, 5.74) is 7.51. The lowest BCUT2D eigenvalue weighted by molar-refractivity contribution is 0.433. The summed E-state index contributed by atoms with van der Waals surface area (Å²) >= 11 is 6.17. The van der Waals surface area contributed by atoms with Crippen LogP contribution in [-0.4, -0.2) is 11.7 Å². The minimum absolute atomic E-state index is 0.0328. The van der Waals surface area contributed by atoms with Crippen molar-refractivity contribution in [2.75, 3.05) is 6.54 Å². The second-order valence-corrected chi connectivity index (χ2v) is 6.52. The number of phenols is 1. The maximum Gasteiger partial charge on any atom is 0.123 e. The highest BCUT2D eigenvalue weighted by Crippen LogP contribution is 2.52. The number of nitrogens with two attached hydrogens (primary N) is 1. The standard InChI is InChI=1S/C14H20ClNO/c1-13(2,3)10-6-9(15)7-11(12(10)17)14(8-16)4-5-14/h6-7,17H,4-5,8,16H2,1-3H3. The van der Waals surface area contributed by atoms with Gasteiger partial charge in [0.1, 0.15) is 5.75 Å². The third-order valence-electron chi connectivity index (χ3n) is 3.70. The van der Waals surface area contributed by atoms with Gasteiger partial charge in [-0.05, 0) is 30.4 Å². The molecule has 0 aromatic heterocycles. The molecule has 1 aromatic rings. The van der Waals surface area contributed by atoms with Crippen molar-refractivity contribution in [3.05, 3.63) is 28.3 Å². The lowest BCUT2D eigenvalue weighted by atomic mass is 9.82. The van der Waals surface area contributed by atoms with Gasteiger partial charge in [-0.25, -0.2) is 0 Å². The van der Waals surface area contributed by atoms with E-state index in [9.17, 15) is 5.11 Å². The molecule has 2 nitrogen and oxygen atoms in total. The number of halogens is 1. The van der Waals surface area contributed by atoms with Crippen LogP contribution < -0.4 is 5.73 Å². The Morgan fingerprint density at radius 2 is 1.94 bits per heavy atom. The van der Waals surface area contributed by atoms with E-state index in [1.54, 1.807) is 0 Å². The molecule has 0 atom stereocenters. The van der Waals surface area contributed by atoms with E-state index in [0.29, 0.717) is 17.3 Å². The van der Waals surface area contributed by atoms with Crippen LogP contribution in [0.15, 0.2) is 12.1 Å². The van der Waals surface area contributed by atoms with E-state index in [4.69, 9.17) is 17.3 Å². The average molecular weight is 254 g/mol. The smallest absolute Gasteiger partial charge is 0.123 e. The molecule has 1 aromatic carbocycles. The molecule has 0 bridgehead atoms. The number of aromatic hydroxyl groups is 1. The summed E-state index contributed by atoms with van der Waals surface area (Å²) in [6.07, 6.45) is 2.09. The fourth-order valence-corrected chi connectivity index (χ4v) is 2.53. The molecule has 1 saturated carbocycles. The first kappa shape index (κ1) is 12.7. The number of hydrogen-bond donors (Lipinski definition) is 2. The molecule has 1 aliphatic carbocycles. The van der Waals surface area contributed by atoms with Crippen molar-refractivity contribution < 1.29 is 5.11 Å². The first-order valence-corrected chi connectivity index (χ1v) is 6.41. The largest absolute Gasteiger partial charge is 0.507 e. The summed E-state index contributed by atoms with van der Waals surface area (Å²) < 4.78 is 0. The van der Waals surface area contributed by atoms with Gasteiger partial charge >= 0.3 is 0 Å². The van der Waals surface area contributed by atoms with Gasteiger partial charge in [-0.2, -0.15) is 0 Å². The molecular weight excluding hydrogens is 234 g/mol. The van der Waals surface area contributed by atoms with Crippen molar-refractivity contribution in [1.29, 1.82) is 0 Å². The van der Waals surface area contributed by atoms with Crippen LogP contribution in [0.25, 0.3) is 0 Å². The number of hydrogen-bond acceptors (Lipinski definition) is 2. The van der Waals surface area contributed by atoms with E-state index in [-0.39, 0.29) is 10.8 Å². The highest BCUT2D eigenvalue weighted by molar-refractivity contribution is 6.30. The van der Waals surface area contributed by atoms with Crippen LogP contribution in [0, 0.1) is 0 Å². The predicted molar refractivity (Wildman–Crippen MR) is 71.8 cm³/mol. The Kier molecular flexibility index (Phi) is 2.91. The third-order valence-corrected chi connectivity index (χ3v) is 3.92. The zero-order chi connectivity index (χ0) is 12.8. The molecule has 94 valence electrons. The van der Waals surface area contributed by atoms with Crippen LogP contribution in [0.1, 0.15) is 44.7 Å². The molecule has 0 radical (unpaired) electrons. The first-order chi connectivity index (χ1) is 7.80. The zero-order valence-corrected chi connectivity index (χ0v) is 11.4. The van der Waals surface area contributed by atoms with Crippen LogP contribution in [0.2, 0.25) is 5.02 Å². The van der Waals surface area contributed by atoms with E-state index in [0.717, 1.165) is 24.0 Å². The summed E-state index contributed by atoms with van der Waals surface area (Å²) in [4.78, 5) is 0. The molecule has 1 aliphatic rings. The van der Waals surface area contributed by atoms with E-state index in [1.807, 2.05) is 12.1 Å². The summed E-state index contributed by atoms with van der Waals surface area (Å²) in [5.74, 6) is 0.379. The van der Waals surface area contributed by atoms with Gasteiger partial charge < -0.3 is 10.8 Å². The normalized spacial score (nSPS) is 18.2. The van der Waals surface area contributed by atoms with E-state index >= 15 is 0 Å². The second-order valence-electron chi connectivity index (χ2n) is 6.08. The molecule has 1 fully saturated rings. The van der Waals surface area contributed by atoms with Gasteiger partial charge in [0.25, 0.3) is 0 Å². The van der Waals surface area contributed by atoms with Crippen molar-refractivity contribution in [3.63, 3.8) is 0 Å².